The topological polar surface area (TPSA) is 53.5 Å². The largest absolute Gasteiger partial charge is 0.309 e. The highest BCUT2D eigenvalue weighted by molar-refractivity contribution is 6.17. The van der Waals surface area contributed by atoms with Crippen molar-refractivity contribution in [2.45, 2.75) is 0 Å². The van der Waals surface area contributed by atoms with Crippen LogP contribution in [0.25, 0.3) is 116 Å². The van der Waals surface area contributed by atoms with Gasteiger partial charge < -0.3 is 13.7 Å². The fourth-order valence-corrected chi connectivity index (χ4v) is 9.84. The quantitative estimate of drug-likeness (QED) is 0.168. The zero-order valence-corrected chi connectivity index (χ0v) is 34.0. The van der Waals surface area contributed by atoms with Gasteiger partial charge in [0.05, 0.1) is 79.5 Å². The van der Waals surface area contributed by atoms with Crippen LogP contribution in [0.2, 0.25) is 0 Å². The van der Waals surface area contributed by atoms with Crippen LogP contribution in [0.3, 0.4) is 0 Å². The zero-order chi connectivity index (χ0) is 41.4. The van der Waals surface area contributed by atoms with Crippen molar-refractivity contribution in [1.29, 1.82) is 0 Å². The van der Waals surface area contributed by atoms with Gasteiger partial charge in [0.15, 0.2) is 0 Å². The molecule has 0 unspecified atom stereocenters. The maximum atomic E-state index is 5.21. The SMILES string of the molecule is c1ccc(-c2cc(-n3c4ccccc4c4c(-c5ccc6c(c5)c5ccccc5n6-c5cncc(-n6c7ccccc7c7ncccc76)c5)cccc43)cc(-c3ccccc3)n2)cc1. The number of hydrogen-bond donors (Lipinski definition) is 0. The second-order valence-electron chi connectivity index (χ2n) is 16.1. The van der Waals surface area contributed by atoms with Crippen molar-refractivity contribution in [3.8, 4) is 50.7 Å². The molecular formula is C57H36N6. The van der Waals surface area contributed by atoms with Crippen LogP contribution in [0, 0.1) is 0 Å². The number of para-hydroxylation sites is 3. The van der Waals surface area contributed by atoms with E-state index in [0.29, 0.717) is 0 Å². The van der Waals surface area contributed by atoms with E-state index in [-0.39, 0.29) is 0 Å². The Morgan fingerprint density at radius 2 is 0.873 bits per heavy atom. The minimum absolute atomic E-state index is 0.934. The van der Waals surface area contributed by atoms with Gasteiger partial charge in [0.1, 0.15) is 0 Å². The van der Waals surface area contributed by atoms with Crippen molar-refractivity contribution in [1.82, 2.24) is 28.7 Å². The molecule has 63 heavy (non-hydrogen) atoms. The third-order valence-corrected chi connectivity index (χ3v) is 12.5. The van der Waals surface area contributed by atoms with E-state index in [0.717, 1.165) is 89.1 Å². The first-order valence-corrected chi connectivity index (χ1v) is 21.3. The van der Waals surface area contributed by atoms with E-state index in [2.05, 4.69) is 208 Å². The normalized spacial score (nSPS) is 11.8. The highest BCUT2D eigenvalue weighted by Crippen LogP contribution is 2.42. The minimum atomic E-state index is 0.934. The maximum Gasteiger partial charge on any atom is 0.0963 e. The first-order valence-electron chi connectivity index (χ1n) is 21.3. The summed E-state index contributed by atoms with van der Waals surface area (Å²) in [7, 11) is 0. The van der Waals surface area contributed by atoms with Gasteiger partial charge in [0.2, 0.25) is 0 Å². The molecule has 0 amide bonds. The lowest BCUT2D eigenvalue weighted by Crippen LogP contribution is -2.00. The number of pyridine rings is 3. The Labute approximate surface area is 362 Å². The van der Waals surface area contributed by atoms with Gasteiger partial charge in [0, 0.05) is 44.3 Å². The van der Waals surface area contributed by atoms with E-state index < -0.39 is 0 Å². The van der Waals surface area contributed by atoms with Crippen molar-refractivity contribution in [2.75, 3.05) is 0 Å². The molecular weight excluding hydrogens is 769 g/mol. The highest BCUT2D eigenvalue weighted by Gasteiger charge is 2.21. The van der Waals surface area contributed by atoms with Gasteiger partial charge in [-0.3, -0.25) is 9.97 Å². The number of benzene rings is 7. The molecule has 6 aromatic heterocycles. The summed E-state index contributed by atoms with van der Waals surface area (Å²) >= 11 is 0. The zero-order valence-electron chi connectivity index (χ0n) is 34.0. The molecule has 0 radical (unpaired) electrons. The number of rotatable bonds is 6. The summed E-state index contributed by atoms with van der Waals surface area (Å²) in [5.41, 5.74) is 17.1. The third kappa shape index (κ3) is 5.48. The molecule has 13 rings (SSSR count). The van der Waals surface area contributed by atoms with Gasteiger partial charge in [0.25, 0.3) is 0 Å². The molecule has 6 nitrogen and oxygen atoms in total. The highest BCUT2D eigenvalue weighted by atomic mass is 15.0. The second-order valence-corrected chi connectivity index (χ2v) is 16.1. The van der Waals surface area contributed by atoms with Gasteiger partial charge in [-0.1, -0.05) is 133 Å². The Morgan fingerprint density at radius 1 is 0.333 bits per heavy atom. The Hall–Kier alpha value is -8.61. The van der Waals surface area contributed by atoms with Gasteiger partial charge in [-0.2, -0.15) is 0 Å². The average molecular weight is 805 g/mol. The molecule has 0 aliphatic heterocycles. The summed E-state index contributed by atoms with van der Waals surface area (Å²) in [4.78, 5) is 14.8. The van der Waals surface area contributed by atoms with Crippen LogP contribution in [0.15, 0.2) is 219 Å². The fraction of sp³-hybridized carbons (Fsp3) is 0. The molecule has 6 heteroatoms. The van der Waals surface area contributed by atoms with E-state index >= 15 is 0 Å². The predicted octanol–water partition coefficient (Wildman–Crippen LogP) is 14.2. The van der Waals surface area contributed by atoms with E-state index in [1.165, 1.54) is 27.1 Å². The van der Waals surface area contributed by atoms with Crippen LogP contribution in [-0.2, 0) is 0 Å². The first kappa shape index (κ1) is 35.2. The number of hydrogen-bond acceptors (Lipinski definition) is 3. The number of aromatic nitrogens is 6. The molecule has 0 atom stereocenters. The first-order chi connectivity index (χ1) is 31.3. The molecule has 0 saturated heterocycles. The van der Waals surface area contributed by atoms with Gasteiger partial charge in [-0.25, -0.2) is 4.98 Å². The molecule has 294 valence electrons. The molecule has 13 aromatic rings. The van der Waals surface area contributed by atoms with Crippen LogP contribution in [0.5, 0.6) is 0 Å². The third-order valence-electron chi connectivity index (χ3n) is 12.5. The molecule has 6 heterocycles. The summed E-state index contributed by atoms with van der Waals surface area (Å²) in [5.74, 6) is 0. The van der Waals surface area contributed by atoms with Crippen LogP contribution in [-0.4, -0.2) is 28.7 Å². The fourth-order valence-electron chi connectivity index (χ4n) is 9.84. The Balaban J connectivity index is 1.00. The van der Waals surface area contributed by atoms with Gasteiger partial charge >= 0.3 is 0 Å². The molecule has 0 bridgehead atoms. The van der Waals surface area contributed by atoms with E-state index in [4.69, 9.17) is 15.0 Å². The molecule has 0 fully saturated rings. The summed E-state index contributed by atoms with van der Waals surface area (Å²) < 4.78 is 7.03. The predicted molar refractivity (Wildman–Crippen MR) is 259 cm³/mol. The number of fused-ring (bicyclic) bond motifs is 9. The summed E-state index contributed by atoms with van der Waals surface area (Å²) in [6.07, 6.45) is 5.78. The van der Waals surface area contributed by atoms with Crippen molar-refractivity contribution in [3.63, 3.8) is 0 Å². The Kier molecular flexibility index (Phi) is 7.80. The van der Waals surface area contributed by atoms with E-state index in [1.54, 1.807) is 0 Å². The standard InChI is InChI=1S/C57H36N6/c1-3-15-37(16-4-1)48-33-40(34-49(60-48)38-17-5-2-6-18-38)61-51-24-11-8-20-45(51)56-43(22-13-26-54(56)61)39-28-29-53-47(31-39)44-19-7-10-23-50(44)62(53)41-32-42(36-58-35-41)63-52-25-12-9-21-46(52)57-55(63)27-14-30-59-57/h1-36H. The maximum absolute atomic E-state index is 5.21. The van der Waals surface area contributed by atoms with Gasteiger partial charge in [-0.05, 0) is 77.9 Å². The summed E-state index contributed by atoms with van der Waals surface area (Å²) in [6, 6.07) is 71.3. The summed E-state index contributed by atoms with van der Waals surface area (Å²) in [5, 5.41) is 5.91. The van der Waals surface area contributed by atoms with Crippen LogP contribution in [0.4, 0.5) is 0 Å². The minimum Gasteiger partial charge on any atom is -0.309 e. The average Bonchev–Trinajstić information content (AvgIpc) is 4.00. The van der Waals surface area contributed by atoms with Crippen LogP contribution in [0.1, 0.15) is 0 Å². The monoisotopic (exact) mass is 804 g/mol. The molecule has 7 aromatic carbocycles. The second kappa shape index (κ2) is 14.0. The molecule has 0 aliphatic carbocycles. The molecule has 0 N–H and O–H groups in total. The lowest BCUT2D eigenvalue weighted by molar-refractivity contribution is 1.09. The Morgan fingerprint density at radius 3 is 1.59 bits per heavy atom. The smallest absolute Gasteiger partial charge is 0.0963 e. The van der Waals surface area contributed by atoms with Crippen molar-refractivity contribution in [2.24, 2.45) is 0 Å². The summed E-state index contributed by atoms with van der Waals surface area (Å²) in [6.45, 7) is 0. The lowest BCUT2D eigenvalue weighted by atomic mass is 9.98. The molecule has 0 spiro atoms. The van der Waals surface area contributed by atoms with Crippen molar-refractivity contribution < 1.29 is 0 Å². The van der Waals surface area contributed by atoms with E-state index in [1.807, 2.05) is 24.7 Å². The van der Waals surface area contributed by atoms with E-state index in [9.17, 15) is 0 Å². The lowest BCUT2D eigenvalue weighted by Gasteiger charge is -2.13. The number of nitrogens with zero attached hydrogens (tertiary/aromatic N) is 6. The molecule has 0 aliphatic rings. The molecule has 0 saturated carbocycles. The van der Waals surface area contributed by atoms with Crippen LogP contribution >= 0.6 is 0 Å². The van der Waals surface area contributed by atoms with Crippen LogP contribution < -0.4 is 0 Å². The van der Waals surface area contributed by atoms with Crippen molar-refractivity contribution >= 4 is 65.5 Å². The Bertz CT molecular complexity index is 3800. The van der Waals surface area contributed by atoms with Gasteiger partial charge in [-0.15, -0.1) is 0 Å². The van der Waals surface area contributed by atoms with Crippen molar-refractivity contribution in [3.05, 3.63) is 219 Å².